The van der Waals surface area contributed by atoms with Crippen LogP contribution in [0.25, 0.3) is 0 Å². The molecule has 1 atom stereocenters. The maximum Gasteiger partial charge on any atom is 0.272 e. The number of nitrogens with two attached hydrogens (primary N) is 1. The third-order valence-corrected chi connectivity index (χ3v) is 3.04. The SMILES string of the molecule is CC1(C)CC(N)CN1C(=O)c1ccccn1. The molecule has 0 aliphatic carbocycles. The summed E-state index contributed by atoms with van der Waals surface area (Å²) in [6.07, 6.45) is 2.47. The van der Waals surface area contributed by atoms with Crippen LogP contribution >= 0.6 is 0 Å². The van der Waals surface area contributed by atoms with Crippen LogP contribution in [0.15, 0.2) is 24.4 Å². The van der Waals surface area contributed by atoms with E-state index in [4.69, 9.17) is 5.73 Å². The van der Waals surface area contributed by atoms with Gasteiger partial charge in [-0.1, -0.05) is 6.07 Å². The minimum Gasteiger partial charge on any atom is -0.331 e. The number of nitrogens with zero attached hydrogens (tertiary/aromatic N) is 2. The van der Waals surface area contributed by atoms with Gasteiger partial charge in [0.2, 0.25) is 0 Å². The van der Waals surface area contributed by atoms with Crippen molar-refractivity contribution in [1.82, 2.24) is 9.88 Å². The number of pyridine rings is 1. The van der Waals surface area contributed by atoms with E-state index in [0.29, 0.717) is 12.2 Å². The smallest absolute Gasteiger partial charge is 0.272 e. The zero-order chi connectivity index (χ0) is 11.8. The molecule has 0 aromatic carbocycles. The van der Waals surface area contributed by atoms with E-state index in [1.54, 1.807) is 18.3 Å². The summed E-state index contributed by atoms with van der Waals surface area (Å²) in [6, 6.07) is 5.44. The lowest BCUT2D eigenvalue weighted by Crippen LogP contribution is -2.43. The maximum absolute atomic E-state index is 12.2. The van der Waals surface area contributed by atoms with Gasteiger partial charge in [-0.3, -0.25) is 9.78 Å². The van der Waals surface area contributed by atoms with Crippen LogP contribution in [0, 0.1) is 0 Å². The van der Waals surface area contributed by atoms with Gasteiger partial charge in [-0.15, -0.1) is 0 Å². The van der Waals surface area contributed by atoms with E-state index in [9.17, 15) is 4.79 Å². The number of rotatable bonds is 1. The largest absolute Gasteiger partial charge is 0.331 e. The van der Waals surface area contributed by atoms with E-state index in [2.05, 4.69) is 4.98 Å². The number of carbonyl (C=O) groups is 1. The fourth-order valence-corrected chi connectivity index (χ4v) is 2.28. The first kappa shape index (κ1) is 11.1. The van der Waals surface area contributed by atoms with Gasteiger partial charge in [-0.05, 0) is 32.4 Å². The topological polar surface area (TPSA) is 59.2 Å². The van der Waals surface area contributed by atoms with Crippen molar-refractivity contribution in [3.63, 3.8) is 0 Å². The monoisotopic (exact) mass is 219 g/mol. The van der Waals surface area contributed by atoms with Gasteiger partial charge in [-0.25, -0.2) is 0 Å². The lowest BCUT2D eigenvalue weighted by molar-refractivity contribution is 0.0645. The fraction of sp³-hybridized carbons (Fsp3) is 0.500. The third-order valence-electron chi connectivity index (χ3n) is 3.04. The second-order valence-electron chi connectivity index (χ2n) is 4.91. The van der Waals surface area contributed by atoms with Crippen LogP contribution in [-0.2, 0) is 0 Å². The van der Waals surface area contributed by atoms with Crippen molar-refractivity contribution in [3.8, 4) is 0 Å². The van der Waals surface area contributed by atoms with Crippen molar-refractivity contribution in [2.24, 2.45) is 5.73 Å². The summed E-state index contributed by atoms with van der Waals surface area (Å²) >= 11 is 0. The summed E-state index contributed by atoms with van der Waals surface area (Å²) in [5, 5.41) is 0. The molecular formula is C12H17N3O. The molecule has 1 amide bonds. The zero-order valence-corrected chi connectivity index (χ0v) is 9.68. The molecule has 1 aliphatic rings. The Kier molecular flexibility index (Phi) is 2.68. The van der Waals surface area contributed by atoms with Crippen LogP contribution in [-0.4, -0.2) is 33.9 Å². The third kappa shape index (κ3) is 1.93. The lowest BCUT2D eigenvalue weighted by Gasteiger charge is -2.31. The predicted molar refractivity (Wildman–Crippen MR) is 61.9 cm³/mol. The molecule has 1 aromatic heterocycles. The first-order chi connectivity index (χ1) is 7.50. The Hall–Kier alpha value is -1.42. The predicted octanol–water partition coefficient (Wildman–Crippen LogP) is 1.03. The van der Waals surface area contributed by atoms with Gasteiger partial charge in [0.25, 0.3) is 5.91 Å². The molecule has 1 aromatic rings. The zero-order valence-electron chi connectivity index (χ0n) is 9.68. The van der Waals surface area contributed by atoms with E-state index < -0.39 is 0 Å². The summed E-state index contributed by atoms with van der Waals surface area (Å²) in [5.74, 6) is -0.0291. The molecule has 2 heterocycles. The Labute approximate surface area is 95.5 Å². The first-order valence-corrected chi connectivity index (χ1v) is 5.49. The van der Waals surface area contributed by atoms with Crippen molar-refractivity contribution >= 4 is 5.91 Å². The van der Waals surface area contributed by atoms with Gasteiger partial charge in [0.15, 0.2) is 0 Å². The van der Waals surface area contributed by atoms with Gasteiger partial charge in [0, 0.05) is 24.3 Å². The van der Waals surface area contributed by atoms with Crippen molar-refractivity contribution in [1.29, 1.82) is 0 Å². The second kappa shape index (κ2) is 3.87. The standard InChI is InChI=1S/C12H17N3O/c1-12(2)7-9(13)8-15(12)11(16)10-5-3-4-6-14-10/h3-6,9H,7-8,13H2,1-2H3. The number of carbonyl (C=O) groups excluding carboxylic acids is 1. The summed E-state index contributed by atoms with van der Waals surface area (Å²) in [6.45, 7) is 4.70. The Morgan fingerprint density at radius 2 is 2.31 bits per heavy atom. The Bertz CT molecular complexity index is 389. The number of hydrogen-bond acceptors (Lipinski definition) is 3. The molecule has 4 heteroatoms. The average Bonchev–Trinajstić information content (AvgIpc) is 2.52. The van der Waals surface area contributed by atoms with E-state index >= 15 is 0 Å². The lowest BCUT2D eigenvalue weighted by atomic mass is 10.0. The molecule has 4 nitrogen and oxygen atoms in total. The van der Waals surface area contributed by atoms with Gasteiger partial charge >= 0.3 is 0 Å². The Morgan fingerprint density at radius 3 is 2.81 bits per heavy atom. The molecule has 0 radical (unpaired) electrons. The number of hydrogen-bond donors (Lipinski definition) is 1. The highest BCUT2D eigenvalue weighted by molar-refractivity contribution is 5.93. The van der Waals surface area contributed by atoms with Crippen molar-refractivity contribution < 1.29 is 4.79 Å². The van der Waals surface area contributed by atoms with E-state index in [1.165, 1.54) is 0 Å². The second-order valence-corrected chi connectivity index (χ2v) is 4.91. The van der Waals surface area contributed by atoms with Crippen LogP contribution in [0.3, 0.4) is 0 Å². The van der Waals surface area contributed by atoms with Crippen molar-refractivity contribution in [2.45, 2.75) is 31.8 Å². The molecule has 16 heavy (non-hydrogen) atoms. The number of likely N-dealkylation sites (tertiary alicyclic amines) is 1. The Morgan fingerprint density at radius 1 is 1.56 bits per heavy atom. The molecular weight excluding hydrogens is 202 g/mol. The summed E-state index contributed by atoms with van der Waals surface area (Å²) < 4.78 is 0. The molecule has 0 bridgehead atoms. The summed E-state index contributed by atoms with van der Waals surface area (Å²) in [5.41, 5.74) is 6.22. The van der Waals surface area contributed by atoms with Crippen LogP contribution in [0.1, 0.15) is 30.8 Å². The van der Waals surface area contributed by atoms with Gasteiger partial charge in [-0.2, -0.15) is 0 Å². The van der Waals surface area contributed by atoms with Gasteiger partial charge in [0.05, 0.1) is 0 Å². The quantitative estimate of drug-likeness (QED) is 0.767. The number of amides is 1. The minimum atomic E-state index is -0.173. The van der Waals surface area contributed by atoms with Crippen molar-refractivity contribution in [3.05, 3.63) is 30.1 Å². The van der Waals surface area contributed by atoms with Crippen LogP contribution < -0.4 is 5.73 Å². The first-order valence-electron chi connectivity index (χ1n) is 5.49. The van der Waals surface area contributed by atoms with E-state index in [-0.39, 0.29) is 17.5 Å². The molecule has 1 unspecified atom stereocenters. The highest BCUT2D eigenvalue weighted by Crippen LogP contribution is 2.28. The highest BCUT2D eigenvalue weighted by atomic mass is 16.2. The van der Waals surface area contributed by atoms with E-state index in [0.717, 1.165) is 6.42 Å². The number of aromatic nitrogens is 1. The minimum absolute atomic E-state index is 0.0291. The van der Waals surface area contributed by atoms with Gasteiger partial charge in [0.1, 0.15) is 5.69 Å². The molecule has 0 spiro atoms. The van der Waals surface area contributed by atoms with E-state index in [1.807, 2.05) is 24.8 Å². The molecule has 1 saturated heterocycles. The Balaban J connectivity index is 2.23. The maximum atomic E-state index is 12.2. The van der Waals surface area contributed by atoms with Crippen LogP contribution in [0.4, 0.5) is 0 Å². The normalized spacial score (nSPS) is 23.4. The van der Waals surface area contributed by atoms with Crippen molar-refractivity contribution in [2.75, 3.05) is 6.54 Å². The highest BCUT2D eigenvalue weighted by Gasteiger charge is 2.40. The molecule has 2 rings (SSSR count). The van der Waals surface area contributed by atoms with Crippen LogP contribution in [0.2, 0.25) is 0 Å². The summed E-state index contributed by atoms with van der Waals surface area (Å²) in [4.78, 5) is 18.1. The molecule has 1 aliphatic heterocycles. The van der Waals surface area contributed by atoms with Gasteiger partial charge < -0.3 is 10.6 Å². The molecule has 2 N–H and O–H groups in total. The van der Waals surface area contributed by atoms with Crippen LogP contribution in [0.5, 0.6) is 0 Å². The summed E-state index contributed by atoms with van der Waals surface area (Å²) in [7, 11) is 0. The molecule has 86 valence electrons. The average molecular weight is 219 g/mol. The molecule has 1 fully saturated rings. The fourth-order valence-electron chi connectivity index (χ4n) is 2.28. The molecule has 0 saturated carbocycles.